The molecule has 1 aliphatic rings. The predicted octanol–water partition coefficient (Wildman–Crippen LogP) is 3.81. The minimum Gasteiger partial charge on any atom is -0.367 e. The average molecular weight is 379 g/mol. The first-order valence-corrected chi connectivity index (χ1v) is 6.84. The van der Waals surface area contributed by atoms with E-state index in [0.29, 0.717) is 11.6 Å². The number of nitro groups is 1. The first-order valence-electron chi connectivity index (χ1n) is 6.05. The van der Waals surface area contributed by atoms with Gasteiger partial charge in [0.2, 0.25) is 0 Å². The number of rotatable bonds is 3. The molecule has 0 saturated carbocycles. The molecule has 1 heterocycles. The van der Waals surface area contributed by atoms with Crippen LogP contribution in [0.4, 0.5) is 13.2 Å². The summed E-state index contributed by atoms with van der Waals surface area (Å²) in [4.78, 5) is 14.5. The van der Waals surface area contributed by atoms with Gasteiger partial charge in [-0.3, -0.25) is 10.1 Å². The maximum absolute atomic E-state index is 13.4. The Morgan fingerprint density at radius 3 is 2.50 bits per heavy atom. The van der Waals surface area contributed by atoms with Gasteiger partial charge in [-0.25, -0.2) is 0 Å². The third-order valence-corrected chi connectivity index (χ3v) is 3.72. The molecule has 0 saturated heterocycles. The van der Waals surface area contributed by atoms with Crippen LogP contribution in [-0.2, 0) is 4.84 Å². The molecule has 0 aliphatic carbocycles. The van der Waals surface area contributed by atoms with Crippen LogP contribution in [0, 0.1) is 10.1 Å². The molecule has 0 bridgehead atoms. The SMILES string of the molecule is CC1=NO[C@](/C=C/c2ccc(Br)cc2)(C(F)(F)F)[C@H]1[N+](=O)[O-]. The van der Waals surface area contributed by atoms with E-state index in [2.05, 4.69) is 25.9 Å². The Bertz CT molecular complexity index is 643. The quantitative estimate of drug-likeness (QED) is 0.593. The maximum atomic E-state index is 13.4. The number of hydrogen-bond donors (Lipinski definition) is 0. The maximum Gasteiger partial charge on any atom is 0.442 e. The highest BCUT2D eigenvalue weighted by molar-refractivity contribution is 9.10. The molecule has 1 aromatic carbocycles. The van der Waals surface area contributed by atoms with Crippen LogP contribution in [0.25, 0.3) is 6.08 Å². The molecule has 2 atom stereocenters. The fourth-order valence-corrected chi connectivity index (χ4v) is 2.35. The zero-order valence-corrected chi connectivity index (χ0v) is 12.8. The van der Waals surface area contributed by atoms with Gasteiger partial charge in [0.05, 0.1) is 0 Å². The third kappa shape index (κ3) is 2.85. The molecule has 0 fully saturated rings. The summed E-state index contributed by atoms with van der Waals surface area (Å²) in [6, 6.07) is 4.30. The number of oxime groups is 1. The molecule has 2 rings (SSSR count). The van der Waals surface area contributed by atoms with Crippen LogP contribution in [-0.4, -0.2) is 28.5 Å². The molecular formula is C13H10BrF3N2O3. The summed E-state index contributed by atoms with van der Waals surface area (Å²) < 4.78 is 41.0. The summed E-state index contributed by atoms with van der Waals surface area (Å²) in [6.45, 7) is 1.13. The van der Waals surface area contributed by atoms with Crippen LogP contribution >= 0.6 is 15.9 Å². The number of benzene rings is 1. The van der Waals surface area contributed by atoms with Gasteiger partial charge in [0, 0.05) is 9.40 Å². The minimum atomic E-state index is -4.99. The zero-order valence-electron chi connectivity index (χ0n) is 11.2. The topological polar surface area (TPSA) is 64.7 Å². The van der Waals surface area contributed by atoms with Crippen LogP contribution in [0.3, 0.4) is 0 Å². The molecule has 0 radical (unpaired) electrons. The Balaban J connectivity index is 2.44. The molecule has 22 heavy (non-hydrogen) atoms. The third-order valence-electron chi connectivity index (χ3n) is 3.19. The first kappa shape index (κ1) is 16.5. The van der Waals surface area contributed by atoms with Gasteiger partial charge >= 0.3 is 17.8 Å². The van der Waals surface area contributed by atoms with Gasteiger partial charge in [-0.2, -0.15) is 13.2 Å². The van der Waals surface area contributed by atoms with Crippen molar-refractivity contribution in [2.45, 2.75) is 24.7 Å². The summed E-state index contributed by atoms with van der Waals surface area (Å²) >= 11 is 3.21. The fourth-order valence-electron chi connectivity index (χ4n) is 2.08. The minimum absolute atomic E-state index is 0.331. The van der Waals surface area contributed by atoms with Gasteiger partial charge in [0.1, 0.15) is 5.71 Å². The van der Waals surface area contributed by atoms with Crippen molar-refractivity contribution in [1.82, 2.24) is 0 Å². The zero-order chi connectivity index (χ0) is 16.5. The van der Waals surface area contributed by atoms with Crippen molar-refractivity contribution in [3.05, 3.63) is 50.5 Å². The molecule has 0 spiro atoms. The summed E-state index contributed by atoms with van der Waals surface area (Å²) in [5, 5.41) is 14.2. The van der Waals surface area contributed by atoms with Gasteiger partial charge in [0.25, 0.3) is 0 Å². The van der Waals surface area contributed by atoms with Crippen LogP contribution in [0.2, 0.25) is 0 Å². The lowest BCUT2D eigenvalue weighted by Crippen LogP contribution is -2.56. The van der Waals surface area contributed by atoms with Crippen LogP contribution in [0.5, 0.6) is 0 Å². The summed E-state index contributed by atoms with van der Waals surface area (Å²) in [7, 11) is 0. The smallest absolute Gasteiger partial charge is 0.367 e. The van der Waals surface area contributed by atoms with Crippen molar-refractivity contribution < 1.29 is 22.9 Å². The van der Waals surface area contributed by atoms with Gasteiger partial charge in [-0.1, -0.05) is 39.3 Å². The summed E-state index contributed by atoms with van der Waals surface area (Å²) in [6.07, 6.45) is -3.22. The van der Waals surface area contributed by atoms with Crippen molar-refractivity contribution in [3.8, 4) is 0 Å². The van der Waals surface area contributed by atoms with E-state index in [-0.39, 0.29) is 5.71 Å². The van der Waals surface area contributed by atoms with Gasteiger partial charge in [0.15, 0.2) is 0 Å². The van der Waals surface area contributed by atoms with Crippen molar-refractivity contribution in [3.63, 3.8) is 0 Å². The fraction of sp³-hybridized carbons (Fsp3) is 0.308. The molecule has 0 unspecified atom stereocenters. The summed E-state index contributed by atoms with van der Waals surface area (Å²) in [5.74, 6) is 0. The standard InChI is InChI=1S/C13H10BrF3N2O3/c1-8-11(19(20)21)12(22-18-8,13(15,16)17)7-6-9-2-4-10(14)5-3-9/h2-7,11H,1H3/b7-6+/t11-,12-/m0/s1. The highest BCUT2D eigenvalue weighted by Crippen LogP contribution is 2.43. The second-order valence-corrected chi connectivity index (χ2v) is 5.60. The molecular weight excluding hydrogens is 369 g/mol. The molecule has 1 aliphatic heterocycles. The Morgan fingerprint density at radius 2 is 2.00 bits per heavy atom. The van der Waals surface area contributed by atoms with E-state index in [1.807, 2.05) is 0 Å². The van der Waals surface area contributed by atoms with Gasteiger partial charge < -0.3 is 4.84 Å². The number of nitrogens with zero attached hydrogens (tertiary/aromatic N) is 2. The van der Waals surface area contributed by atoms with Crippen LogP contribution < -0.4 is 0 Å². The second-order valence-electron chi connectivity index (χ2n) is 4.69. The van der Waals surface area contributed by atoms with Crippen molar-refractivity contribution in [2.75, 3.05) is 0 Å². The van der Waals surface area contributed by atoms with Crippen molar-refractivity contribution >= 4 is 27.7 Å². The largest absolute Gasteiger partial charge is 0.442 e. The molecule has 5 nitrogen and oxygen atoms in total. The second kappa shape index (κ2) is 5.71. The highest BCUT2D eigenvalue weighted by atomic mass is 79.9. The number of alkyl halides is 3. The van der Waals surface area contributed by atoms with Crippen LogP contribution in [0.1, 0.15) is 12.5 Å². The van der Waals surface area contributed by atoms with E-state index < -0.39 is 22.7 Å². The highest BCUT2D eigenvalue weighted by Gasteiger charge is 2.70. The molecule has 0 aromatic heterocycles. The van der Waals surface area contributed by atoms with E-state index in [0.717, 1.165) is 17.5 Å². The monoisotopic (exact) mass is 378 g/mol. The number of halogens is 4. The molecule has 118 valence electrons. The normalized spacial score (nSPS) is 25.1. The van der Waals surface area contributed by atoms with Gasteiger partial charge in [-0.05, 0) is 30.7 Å². The van der Waals surface area contributed by atoms with Gasteiger partial charge in [-0.15, -0.1) is 0 Å². The van der Waals surface area contributed by atoms with Crippen LogP contribution in [0.15, 0.2) is 40.0 Å². The van der Waals surface area contributed by atoms with E-state index in [1.54, 1.807) is 24.3 Å². The Kier molecular flexibility index (Phi) is 4.28. The average Bonchev–Trinajstić information content (AvgIpc) is 2.76. The van der Waals surface area contributed by atoms with E-state index in [9.17, 15) is 23.3 Å². The molecule has 1 aromatic rings. The Hall–Kier alpha value is -1.90. The predicted molar refractivity (Wildman–Crippen MR) is 76.9 cm³/mol. The van der Waals surface area contributed by atoms with Crippen molar-refractivity contribution in [2.24, 2.45) is 5.16 Å². The molecule has 9 heteroatoms. The lowest BCUT2D eigenvalue weighted by Gasteiger charge is -2.27. The Morgan fingerprint density at radius 1 is 1.41 bits per heavy atom. The molecule has 0 N–H and O–H groups in total. The van der Waals surface area contributed by atoms with Crippen molar-refractivity contribution in [1.29, 1.82) is 0 Å². The summed E-state index contributed by atoms with van der Waals surface area (Å²) in [5.41, 5.74) is -2.99. The lowest BCUT2D eigenvalue weighted by molar-refractivity contribution is -0.531. The first-order chi connectivity index (χ1) is 10.2. The number of hydrogen-bond acceptors (Lipinski definition) is 4. The van der Waals surface area contributed by atoms with E-state index in [1.165, 1.54) is 0 Å². The van der Waals surface area contributed by atoms with E-state index in [4.69, 9.17) is 0 Å². The molecule has 0 amide bonds. The van der Waals surface area contributed by atoms with E-state index >= 15 is 0 Å². The Labute approximate surface area is 131 Å². The lowest BCUT2D eigenvalue weighted by atomic mass is 9.90.